The van der Waals surface area contributed by atoms with E-state index in [1.807, 2.05) is 48.5 Å². The van der Waals surface area contributed by atoms with E-state index in [9.17, 15) is 9.90 Å². The van der Waals surface area contributed by atoms with Crippen molar-refractivity contribution >= 4 is 5.91 Å². The maximum Gasteiger partial charge on any atom is 0.230 e. The Morgan fingerprint density at radius 2 is 1.69 bits per heavy atom. The quantitative estimate of drug-likeness (QED) is 0.841. The fraction of sp³-hybridized carbons (Fsp3) is 0.409. The molecular formula is C22H26N2O2. The van der Waals surface area contributed by atoms with Gasteiger partial charge in [-0.3, -0.25) is 9.69 Å². The van der Waals surface area contributed by atoms with E-state index in [1.165, 1.54) is 5.56 Å². The minimum Gasteiger partial charge on any atom is -0.396 e. The molecule has 1 saturated heterocycles. The second-order valence-corrected chi connectivity index (χ2v) is 7.65. The molecule has 0 radical (unpaired) electrons. The van der Waals surface area contributed by atoms with Crippen LogP contribution in [0.4, 0.5) is 0 Å². The van der Waals surface area contributed by atoms with Crippen molar-refractivity contribution in [3.63, 3.8) is 0 Å². The Hall–Kier alpha value is -2.17. The number of rotatable bonds is 6. The van der Waals surface area contributed by atoms with Gasteiger partial charge in [-0.2, -0.15) is 0 Å². The first kappa shape index (κ1) is 17.3. The van der Waals surface area contributed by atoms with Gasteiger partial charge in [-0.1, -0.05) is 60.7 Å². The topological polar surface area (TPSA) is 52.6 Å². The van der Waals surface area contributed by atoms with Crippen molar-refractivity contribution < 1.29 is 9.90 Å². The lowest BCUT2D eigenvalue weighted by Gasteiger charge is -2.22. The van der Waals surface area contributed by atoms with Crippen LogP contribution in [0.1, 0.15) is 24.0 Å². The third-order valence-electron chi connectivity index (χ3n) is 5.83. The van der Waals surface area contributed by atoms with Crippen LogP contribution >= 0.6 is 0 Å². The van der Waals surface area contributed by atoms with E-state index in [4.69, 9.17) is 0 Å². The summed E-state index contributed by atoms with van der Waals surface area (Å²) >= 11 is 0. The van der Waals surface area contributed by atoms with Crippen LogP contribution in [0.3, 0.4) is 0 Å². The Balaban J connectivity index is 1.41. The molecule has 1 amide bonds. The number of amides is 1. The first-order valence-electron chi connectivity index (χ1n) is 9.45. The van der Waals surface area contributed by atoms with Crippen molar-refractivity contribution in [1.29, 1.82) is 0 Å². The fourth-order valence-electron chi connectivity index (χ4n) is 4.12. The molecular weight excluding hydrogens is 324 g/mol. The summed E-state index contributed by atoms with van der Waals surface area (Å²) in [5.74, 6) is 0.211. The molecule has 1 aliphatic carbocycles. The second-order valence-electron chi connectivity index (χ2n) is 7.65. The lowest BCUT2D eigenvalue weighted by atomic mass is 9.94. The van der Waals surface area contributed by atoms with Crippen LogP contribution in [-0.2, 0) is 16.8 Å². The molecule has 4 nitrogen and oxygen atoms in total. The Morgan fingerprint density at radius 1 is 1.04 bits per heavy atom. The van der Waals surface area contributed by atoms with Gasteiger partial charge in [0.1, 0.15) is 0 Å². The largest absolute Gasteiger partial charge is 0.396 e. The maximum absolute atomic E-state index is 13.0. The molecule has 0 unspecified atom stereocenters. The van der Waals surface area contributed by atoms with Crippen molar-refractivity contribution in [1.82, 2.24) is 10.2 Å². The van der Waals surface area contributed by atoms with Crippen LogP contribution in [-0.4, -0.2) is 41.7 Å². The fourth-order valence-corrected chi connectivity index (χ4v) is 4.12. The van der Waals surface area contributed by atoms with Crippen LogP contribution in [0.25, 0.3) is 0 Å². The summed E-state index contributed by atoms with van der Waals surface area (Å²) in [6, 6.07) is 20.4. The van der Waals surface area contributed by atoms with Gasteiger partial charge in [0.15, 0.2) is 0 Å². The summed E-state index contributed by atoms with van der Waals surface area (Å²) in [5.41, 5.74) is 2.02. The number of benzene rings is 2. The highest BCUT2D eigenvalue weighted by atomic mass is 16.3. The zero-order valence-corrected chi connectivity index (χ0v) is 15.0. The lowest BCUT2D eigenvalue weighted by Crippen LogP contribution is -2.46. The Kier molecular flexibility index (Phi) is 4.79. The number of nitrogens with one attached hydrogen (secondary N) is 1. The van der Waals surface area contributed by atoms with Gasteiger partial charge in [-0.15, -0.1) is 0 Å². The molecule has 136 valence electrons. The molecule has 4 rings (SSSR count). The van der Waals surface area contributed by atoms with Gasteiger partial charge >= 0.3 is 0 Å². The van der Waals surface area contributed by atoms with Gasteiger partial charge in [-0.25, -0.2) is 0 Å². The summed E-state index contributed by atoms with van der Waals surface area (Å²) in [6.07, 6.45) is 1.82. The molecule has 1 saturated carbocycles. The molecule has 2 atom stereocenters. The Bertz CT molecular complexity index is 743. The van der Waals surface area contributed by atoms with Gasteiger partial charge in [0.2, 0.25) is 5.91 Å². The molecule has 0 aromatic heterocycles. The summed E-state index contributed by atoms with van der Waals surface area (Å²) in [6.45, 7) is 2.56. The summed E-state index contributed by atoms with van der Waals surface area (Å²) < 4.78 is 0. The minimum atomic E-state index is -0.353. The Labute approximate surface area is 154 Å². The summed E-state index contributed by atoms with van der Waals surface area (Å²) in [5, 5.41) is 13.0. The van der Waals surface area contributed by atoms with E-state index < -0.39 is 0 Å². The van der Waals surface area contributed by atoms with Gasteiger partial charge < -0.3 is 10.4 Å². The first-order valence-corrected chi connectivity index (χ1v) is 9.45. The molecule has 4 heteroatoms. The monoisotopic (exact) mass is 350 g/mol. The van der Waals surface area contributed by atoms with Crippen molar-refractivity contribution in [3.8, 4) is 0 Å². The number of nitrogens with zero attached hydrogens (tertiary/aromatic N) is 1. The van der Waals surface area contributed by atoms with E-state index >= 15 is 0 Å². The number of aliphatic hydroxyl groups is 1. The molecule has 26 heavy (non-hydrogen) atoms. The molecule has 0 spiro atoms. The molecule has 2 fully saturated rings. The summed E-state index contributed by atoms with van der Waals surface area (Å²) in [4.78, 5) is 15.3. The van der Waals surface area contributed by atoms with Gasteiger partial charge in [0.05, 0.1) is 5.41 Å². The van der Waals surface area contributed by atoms with E-state index in [-0.39, 0.29) is 29.9 Å². The zero-order chi connectivity index (χ0) is 18.0. The van der Waals surface area contributed by atoms with Crippen molar-refractivity contribution in [2.24, 2.45) is 5.92 Å². The van der Waals surface area contributed by atoms with E-state index in [1.54, 1.807) is 0 Å². The highest BCUT2D eigenvalue weighted by Gasteiger charge is 2.52. The minimum absolute atomic E-state index is 0.0115. The predicted molar refractivity (Wildman–Crippen MR) is 102 cm³/mol. The van der Waals surface area contributed by atoms with E-state index in [0.717, 1.165) is 38.0 Å². The number of hydrogen-bond acceptors (Lipinski definition) is 3. The standard InChI is InChI=1S/C22H26N2O2/c25-16-18-14-24(13-17-7-3-1-4-8-17)15-20(18)23-21(26)22(11-12-22)19-9-5-2-6-10-19/h1-10,18,20,25H,11-16H2,(H,23,26)/t18-,20+/m0/s1. The second kappa shape index (κ2) is 7.22. The van der Waals surface area contributed by atoms with Gasteiger partial charge in [-0.05, 0) is 24.0 Å². The number of carbonyl (C=O) groups excluding carboxylic acids is 1. The molecule has 2 aromatic carbocycles. The number of likely N-dealkylation sites (tertiary alicyclic amines) is 1. The highest BCUT2D eigenvalue weighted by Crippen LogP contribution is 2.48. The van der Waals surface area contributed by atoms with Crippen LogP contribution in [0.5, 0.6) is 0 Å². The van der Waals surface area contributed by atoms with Crippen LogP contribution in [0, 0.1) is 5.92 Å². The number of carbonyl (C=O) groups is 1. The lowest BCUT2D eigenvalue weighted by molar-refractivity contribution is -0.124. The average molecular weight is 350 g/mol. The van der Waals surface area contributed by atoms with E-state index in [0.29, 0.717) is 0 Å². The maximum atomic E-state index is 13.0. The smallest absolute Gasteiger partial charge is 0.230 e. The molecule has 2 aliphatic rings. The van der Waals surface area contributed by atoms with Crippen LogP contribution in [0.15, 0.2) is 60.7 Å². The Morgan fingerprint density at radius 3 is 2.31 bits per heavy atom. The predicted octanol–water partition coefficient (Wildman–Crippen LogP) is 2.33. The van der Waals surface area contributed by atoms with Crippen molar-refractivity contribution in [2.75, 3.05) is 19.7 Å². The van der Waals surface area contributed by atoms with Gasteiger partial charge in [0, 0.05) is 38.2 Å². The number of aliphatic hydroxyl groups excluding tert-OH is 1. The highest BCUT2D eigenvalue weighted by molar-refractivity contribution is 5.91. The van der Waals surface area contributed by atoms with Crippen LogP contribution < -0.4 is 5.32 Å². The SMILES string of the molecule is O=C(N[C@@H]1CN(Cc2ccccc2)C[C@H]1CO)C1(c2ccccc2)CC1. The average Bonchev–Trinajstić information content (AvgIpc) is 3.41. The molecule has 2 N–H and O–H groups in total. The van der Waals surface area contributed by atoms with Gasteiger partial charge in [0.25, 0.3) is 0 Å². The molecule has 2 aromatic rings. The third-order valence-corrected chi connectivity index (χ3v) is 5.83. The zero-order valence-electron chi connectivity index (χ0n) is 15.0. The van der Waals surface area contributed by atoms with Crippen molar-refractivity contribution in [3.05, 3.63) is 71.8 Å². The molecule has 0 bridgehead atoms. The molecule has 1 heterocycles. The number of hydrogen-bond donors (Lipinski definition) is 2. The first-order chi connectivity index (χ1) is 12.7. The normalized spacial score (nSPS) is 24.3. The van der Waals surface area contributed by atoms with E-state index in [2.05, 4.69) is 22.3 Å². The third kappa shape index (κ3) is 3.39. The van der Waals surface area contributed by atoms with Crippen molar-refractivity contribution in [2.45, 2.75) is 30.8 Å². The summed E-state index contributed by atoms with van der Waals surface area (Å²) in [7, 11) is 0. The molecule has 1 aliphatic heterocycles. The van der Waals surface area contributed by atoms with Crippen LogP contribution in [0.2, 0.25) is 0 Å².